The fourth-order valence-electron chi connectivity index (χ4n) is 2.69. The number of allylic oxidation sites excluding steroid dienone is 1. The highest BCUT2D eigenvalue weighted by atomic mass is 28.4. The second-order valence-corrected chi connectivity index (χ2v) is 13.0. The van der Waals surface area contributed by atoms with E-state index in [9.17, 15) is 4.79 Å². The van der Waals surface area contributed by atoms with Crippen LogP contribution in [0.25, 0.3) is 0 Å². The van der Waals surface area contributed by atoms with Gasteiger partial charge in [0.05, 0.1) is 12.6 Å². The lowest BCUT2D eigenvalue weighted by Crippen LogP contribution is -2.52. The number of hydrogen-bond acceptors (Lipinski definition) is 4. The van der Waals surface area contributed by atoms with Gasteiger partial charge in [0.1, 0.15) is 6.10 Å². The lowest BCUT2D eigenvalue weighted by molar-refractivity contribution is -0.155. The highest BCUT2D eigenvalue weighted by Crippen LogP contribution is 2.36. The van der Waals surface area contributed by atoms with Gasteiger partial charge in [-0.3, -0.25) is 4.79 Å². The summed E-state index contributed by atoms with van der Waals surface area (Å²) in [5, 5.41) is 0.176. The molecule has 0 spiro atoms. The van der Waals surface area contributed by atoms with E-state index in [0.29, 0.717) is 26.2 Å². The molecule has 2 N–H and O–H groups in total. The summed E-state index contributed by atoms with van der Waals surface area (Å²) in [6, 6.07) is 0.0949. The molecule has 5 nitrogen and oxygen atoms in total. The van der Waals surface area contributed by atoms with E-state index in [2.05, 4.69) is 33.9 Å². The van der Waals surface area contributed by atoms with Crippen LogP contribution in [0, 0.1) is 0 Å². The molecule has 0 aromatic heterocycles. The molecule has 2 rings (SSSR count). The topological polar surface area (TPSA) is 64.8 Å². The van der Waals surface area contributed by atoms with E-state index in [4.69, 9.17) is 14.9 Å². The Labute approximate surface area is 147 Å². The molecule has 6 heteroatoms. The van der Waals surface area contributed by atoms with E-state index in [1.807, 2.05) is 23.1 Å². The third-order valence-corrected chi connectivity index (χ3v) is 9.90. The van der Waals surface area contributed by atoms with Crippen molar-refractivity contribution in [2.24, 2.45) is 5.73 Å². The molecule has 0 bridgehead atoms. The number of nitrogens with zero attached hydrogens (tertiary/aromatic N) is 1. The van der Waals surface area contributed by atoms with Crippen LogP contribution in [0.15, 0.2) is 23.9 Å². The average Bonchev–Trinajstić information content (AvgIpc) is 2.49. The van der Waals surface area contributed by atoms with E-state index < -0.39 is 8.32 Å². The minimum atomic E-state index is -1.78. The number of nitrogens with two attached hydrogens (primary N) is 1. The predicted molar refractivity (Wildman–Crippen MR) is 99.0 cm³/mol. The van der Waals surface area contributed by atoms with E-state index in [1.54, 1.807) is 0 Å². The lowest BCUT2D eigenvalue weighted by atomic mass is 10.0. The molecule has 1 amide bonds. The van der Waals surface area contributed by atoms with E-state index in [1.165, 1.54) is 0 Å². The van der Waals surface area contributed by atoms with Crippen LogP contribution in [0.1, 0.15) is 33.6 Å². The van der Waals surface area contributed by atoms with Crippen LogP contribution >= 0.6 is 0 Å². The Morgan fingerprint density at radius 1 is 1.42 bits per heavy atom. The molecule has 0 radical (unpaired) electrons. The summed E-state index contributed by atoms with van der Waals surface area (Å²) in [5.41, 5.74) is 6.53. The molecule has 2 atom stereocenters. The minimum absolute atomic E-state index is 0.0728. The first kappa shape index (κ1) is 19.2. The summed E-state index contributed by atoms with van der Waals surface area (Å²) < 4.78 is 11.9. The molecule has 2 unspecified atom stereocenters. The van der Waals surface area contributed by atoms with Gasteiger partial charge in [-0.1, -0.05) is 32.9 Å². The van der Waals surface area contributed by atoms with Crippen LogP contribution in [0.3, 0.4) is 0 Å². The molecule has 0 saturated carbocycles. The van der Waals surface area contributed by atoms with E-state index in [-0.39, 0.29) is 23.1 Å². The van der Waals surface area contributed by atoms with Crippen LogP contribution < -0.4 is 5.73 Å². The summed E-state index contributed by atoms with van der Waals surface area (Å²) in [5.74, 6) is 0.0728. The number of morpholine rings is 1. The summed E-state index contributed by atoms with van der Waals surface area (Å²) in [6.45, 7) is 12.9. The molecule has 0 aromatic carbocycles. The third-order valence-electron chi connectivity index (χ3n) is 5.37. The standard InChI is InChI=1S/C18H32N2O3Si/c1-18(2,3)24(4,5)23-12-10-16-17(21)20(11-13-22-16)15-8-6-14(19)7-9-15/h6-8,15-16H,9-13,19H2,1-5H3. The van der Waals surface area contributed by atoms with Crippen molar-refractivity contribution in [2.75, 3.05) is 19.8 Å². The Hall–Kier alpha value is -1.11. The summed E-state index contributed by atoms with van der Waals surface area (Å²) in [6.07, 6.45) is 6.88. The second kappa shape index (κ2) is 7.41. The molecule has 1 aliphatic heterocycles. The van der Waals surface area contributed by atoms with Crippen molar-refractivity contribution in [1.82, 2.24) is 4.90 Å². The average molecular weight is 353 g/mol. The maximum Gasteiger partial charge on any atom is 0.252 e. The van der Waals surface area contributed by atoms with E-state index in [0.717, 1.165) is 12.1 Å². The Balaban J connectivity index is 1.88. The second-order valence-electron chi connectivity index (χ2n) is 8.15. The SMILES string of the molecule is CC(C)(C)[Si](C)(C)OCCC1OCCN(C2C=CC(N)=CC2)C1=O. The highest BCUT2D eigenvalue weighted by Gasteiger charge is 2.38. The molecule has 136 valence electrons. The van der Waals surface area contributed by atoms with Gasteiger partial charge in [-0.25, -0.2) is 0 Å². The molecule has 1 saturated heterocycles. The summed E-state index contributed by atoms with van der Waals surface area (Å²) in [4.78, 5) is 14.6. The van der Waals surface area contributed by atoms with Crippen LogP contribution in [0.5, 0.6) is 0 Å². The maximum absolute atomic E-state index is 12.7. The third kappa shape index (κ3) is 4.49. The molecule has 1 heterocycles. The molecule has 1 aliphatic carbocycles. The Morgan fingerprint density at radius 3 is 2.71 bits per heavy atom. The summed E-state index contributed by atoms with van der Waals surface area (Å²) in [7, 11) is -1.78. The van der Waals surface area contributed by atoms with Crippen molar-refractivity contribution >= 4 is 14.2 Å². The number of hydrogen-bond donors (Lipinski definition) is 1. The predicted octanol–water partition coefficient (Wildman–Crippen LogP) is 2.80. The minimum Gasteiger partial charge on any atom is -0.417 e. The van der Waals surface area contributed by atoms with Gasteiger partial charge < -0.3 is 19.8 Å². The zero-order valence-electron chi connectivity index (χ0n) is 15.7. The smallest absolute Gasteiger partial charge is 0.252 e. The fourth-order valence-corrected chi connectivity index (χ4v) is 3.75. The maximum atomic E-state index is 12.7. The highest BCUT2D eigenvalue weighted by molar-refractivity contribution is 6.74. The van der Waals surface area contributed by atoms with Crippen molar-refractivity contribution in [1.29, 1.82) is 0 Å². The molecule has 1 fully saturated rings. The van der Waals surface area contributed by atoms with Crippen LogP contribution in [0.4, 0.5) is 0 Å². The molecular weight excluding hydrogens is 320 g/mol. The van der Waals surface area contributed by atoms with Crippen LogP contribution in [-0.2, 0) is 14.0 Å². The first-order chi connectivity index (χ1) is 11.1. The van der Waals surface area contributed by atoms with Crippen molar-refractivity contribution in [2.45, 2.75) is 63.9 Å². The molecular formula is C18H32N2O3Si. The van der Waals surface area contributed by atoms with Crippen LogP contribution in [0.2, 0.25) is 18.1 Å². The first-order valence-electron chi connectivity index (χ1n) is 8.82. The molecule has 2 aliphatic rings. The van der Waals surface area contributed by atoms with Gasteiger partial charge in [0.25, 0.3) is 5.91 Å². The Bertz CT molecular complexity index is 523. The molecule has 24 heavy (non-hydrogen) atoms. The number of carbonyl (C=O) groups excluding carboxylic acids is 1. The zero-order valence-corrected chi connectivity index (χ0v) is 16.7. The van der Waals surface area contributed by atoms with Crippen LogP contribution in [-0.4, -0.2) is 51.0 Å². The van der Waals surface area contributed by atoms with Gasteiger partial charge in [-0.15, -0.1) is 0 Å². The lowest BCUT2D eigenvalue weighted by Gasteiger charge is -2.39. The van der Waals surface area contributed by atoms with Crippen molar-refractivity contribution in [3.8, 4) is 0 Å². The quantitative estimate of drug-likeness (QED) is 0.773. The Morgan fingerprint density at radius 2 is 2.12 bits per heavy atom. The van der Waals surface area contributed by atoms with Gasteiger partial charge in [0, 0.05) is 25.3 Å². The monoisotopic (exact) mass is 352 g/mol. The normalized spacial score (nSPS) is 25.8. The number of carbonyl (C=O) groups is 1. The van der Waals surface area contributed by atoms with Gasteiger partial charge >= 0.3 is 0 Å². The number of ether oxygens (including phenoxy) is 1. The van der Waals surface area contributed by atoms with E-state index >= 15 is 0 Å². The largest absolute Gasteiger partial charge is 0.417 e. The van der Waals surface area contributed by atoms with Crippen molar-refractivity contribution < 1.29 is 14.0 Å². The zero-order chi connectivity index (χ0) is 18.0. The number of rotatable bonds is 5. The van der Waals surface area contributed by atoms with Gasteiger partial charge in [-0.2, -0.15) is 0 Å². The summed E-state index contributed by atoms with van der Waals surface area (Å²) >= 11 is 0. The van der Waals surface area contributed by atoms with Gasteiger partial charge in [-0.05, 0) is 30.6 Å². The van der Waals surface area contributed by atoms with Gasteiger partial charge in [0.2, 0.25) is 0 Å². The number of amides is 1. The first-order valence-corrected chi connectivity index (χ1v) is 11.7. The van der Waals surface area contributed by atoms with Gasteiger partial charge in [0.15, 0.2) is 8.32 Å². The fraction of sp³-hybridized carbons (Fsp3) is 0.722. The Kier molecular flexibility index (Phi) is 5.94. The molecule has 0 aromatic rings. The van der Waals surface area contributed by atoms with Crippen molar-refractivity contribution in [3.63, 3.8) is 0 Å². The van der Waals surface area contributed by atoms with Crippen molar-refractivity contribution in [3.05, 3.63) is 23.9 Å².